The van der Waals surface area contributed by atoms with Gasteiger partial charge in [0.05, 0.1) is 0 Å². The summed E-state index contributed by atoms with van der Waals surface area (Å²) in [5, 5.41) is 9.76. The largest absolute Gasteiger partial charge is 0.456 e. The third-order valence-corrected chi connectivity index (χ3v) is 4.20. The van der Waals surface area contributed by atoms with E-state index in [0.29, 0.717) is 12.8 Å². The summed E-state index contributed by atoms with van der Waals surface area (Å²) in [7, 11) is 0. The second-order valence-electron chi connectivity index (χ2n) is 6.41. The van der Waals surface area contributed by atoms with Gasteiger partial charge in [-0.3, -0.25) is 0 Å². The monoisotopic (exact) mass is 308 g/mol. The first-order valence-electron chi connectivity index (χ1n) is 7.07. The van der Waals surface area contributed by atoms with E-state index < -0.39 is 29.8 Å². The van der Waals surface area contributed by atoms with Crippen LogP contribution in [0.5, 0.6) is 0 Å². The molecule has 122 valence electrons. The van der Waals surface area contributed by atoms with Gasteiger partial charge in [-0.15, -0.1) is 0 Å². The first-order chi connectivity index (χ1) is 9.39. The molecule has 0 aromatic carbocycles. The Morgan fingerprint density at radius 3 is 2.14 bits per heavy atom. The highest BCUT2D eigenvalue weighted by atomic mass is 19.4. The average Bonchev–Trinajstić information content (AvgIpc) is 2.79. The zero-order valence-corrected chi connectivity index (χ0v) is 12.7. The van der Waals surface area contributed by atoms with Crippen LogP contribution in [0.2, 0.25) is 0 Å². The van der Waals surface area contributed by atoms with Gasteiger partial charge in [-0.25, -0.2) is 4.79 Å². The van der Waals surface area contributed by atoms with Gasteiger partial charge < -0.3 is 9.84 Å². The Bertz CT molecular complexity index is 409. The van der Waals surface area contributed by atoms with Gasteiger partial charge in [-0.2, -0.15) is 13.2 Å². The number of carbonyl (C=O) groups is 1. The Balaban J connectivity index is 3.02. The van der Waals surface area contributed by atoms with Crippen LogP contribution in [-0.4, -0.2) is 28.5 Å². The normalized spacial score (nSPS) is 22.4. The lowest BCUT2D eigenvalue weighted by Gasteiger charge is -2.40. The second-order valence-corrected chi connectivity index (χ2v) is 6.41. The first kappa shape index (κ1) is 18.0. The molecule has 21 heavy (non-hydrogen) atoms. The van der Waals surface area contributed by atoms with Gasteiger partial charge in [-0.1, -0.05) is 19.4 Å². The van der Waals surface area contributed by atoms with Crippen LogP contribution in [0.1, 0.15) is 52.9 Å². The van der Waals surface area contributed by atoms with Crippen LogP contribution in [0.15, 0.2) is 12.2 Å². The predicted molar refractivity (Wildman–Crippen MR) is 72.6 cm³/mol. The number of carbonyl (C=O) groups excluding carboxylic acids is 1. The fraction of sp³-hybridized carbons (Fsp3) is 0.800. The van der Waals surface area contributed by atoms with Gasteiger partial charge in [0.15, 0.2) is 5.60 Å². The molecule has 0 radical (unpaired) electrons. The van der Waals surface area contributed by atoms with E-state index in [1.165, 1.54) is 13.8 Å². The topological polar surface area (TPSA) is 46.5 Å². The van der Waals surface area contributed by atoms with Gasteiger partial charge in [0.1, 0.15) is 5.60 Å². The van der Waals surface area contributed by atoms with E-state index in [4.69, 9.17) is 4.74 Å². The number of halogens is 3. The van der Waals surface area contributed by atoms with Crippen LogP contribution < -0.4 is 0 Å². The number of esters is 1. The van der Waals surface area contributed by atoms with Crippen LogP contribution in [0, 0.1) is 5.92 Å². The maximum atomic E-state index is 12.9. The van der Waals surface area contributed by atoms with Gasteiger partial charge in [0, 0.05) is 12.0 Å². The van der Waals surface area contributed by atoms with Crippen molar-refractivity contribution in [3.63, 3.8) is 0 Å². The molecule has 6 heteroatoms. The highest BCUT2D eigenvalue weighted by molar-refractivity contribution is 5.87. The Morgan fingerprint density at radius 2 is 1.76 bits per heavy atom. The number of hydrogen-bond acceptors (Lipinski definition) is 3. The third-order valence-electron chi connectivity index (χ3n) is 4.20. The molecule has 1 aliphatic carbocycles. The summed E-state index contributed by atoms with van der Waals surface area (Å²) in [6.07, 6.45) is -2.30. The molecule has 0 spiro atoms. The van der Waals surface area contributed by atoms with Crippen LogP contribution in [0.25, 0.3) is 0 Å². The SMILES string of the molecule is C=C(C)C(=O)OC(C)(CC(C)(O)C(F)(F)F)C1CCCC1. The van der Waals surface area contributed by atoms with Gasteiger partial charge >= 0.3 is 12.1 Å². The highest BCUT2D eigenvalue weighted by Gasteiger charge is 2.56. The summed E-state index contributed by atoms with van der Waals surface area (Å²) < 4.78 is 44.1. The maximum absolute atomic E-state index is 12.9. The number of alkyl halides is 3. The van der Waals surface area contributed by atoms with Gasteiger partial charge in [0.2, 0.25) is 0 Å². The van der Waals surface area contributed by atoms with E-state index in [9.17, 15) is 23.1 Å². The molecule has 3 nitrogen and oxygen atoms in total. The summed E-state index contributed by atoms with van der Waals surface area (Å²) in [5.41, 5.74) is -4.13. The molecular formula is C15H23F3O3. The molecule has 0 aromatic heterocycles. The molecule has 1 rings (SSSR count). The molecule has 1 aliphatic rings. The maximum Gasteiger partial charge on any atom is 0.417 e. The second kappa shape index (κ2) is 5.99. The fourth-order valence-electron chi connectivity index (χ4n) is 2.88. The van der Waals surface area contributed by atoms with E-state index in [-0.39, 0.29) is 11.5 Å². The summed E-state index contributed by atoms with van der Waals surface area (Å²) in [5.74, 6) is -0.906. The van der Waals surface area contributed by atoms with Crippen LogP contribution >= 0.6 is 0 Å². The quantitative estimate of drug-likeness (QED) is 0.621. The summed E-state index contributed by atoms with van der Waals surface area (Å²) in [6.45, 7) is 7.09. The van der Waals surface area contributed by atoms with Crippen molar-refractivity contribution in [3.05, 3.63) is 12.2 Å². The minimum Gasteiger partial charge on any atom is -0.456 e. The van der Waals surface area contributed by atoms with E-state index in [2.05, 4.69) is 6.58 Å². The van der Waals surface area contributed by atoms with Crippen molar-refractivity contribution in [2.75, 3.05) is 0 Å². The molecule has 0 saturated heterocycles. The summed E-state index contributed by atoms with van der Waals surface area (Å²) >= 11 is 0. The van der Waals surface area contributed by atoms with Crippen LogP contribution in [0.4, 0.5) is 13.2 Å². The van der Waals surface area contributed by atoms with Crippen molar-refractivity contribution < 1.29 is 27.8 Å². The van der Waals surface area contributed by atoms with Crippen molar-refractivity contribution in [1.29, 1.82) is 0 Å². The van der Waals surface area contributed by atoms with Gasteiger partial charge in [0.25, 0.3) is 0 Å². The zero-order valence-electron chi connectivity index (χ0n) is 12.7. The predicted octanol–water partition coefficient (Wildman–Crippen LogP) is 3.76. The molecule has 1 fully saturated rings. The zero-order chi connectivity index (χ0) is 16.5. The van der Waals surface area contributed by atoms with Gasteiger partial charge in [-0.05, 0) is 39.5 Å². The lowest BCUT2D eigenvalue weighted by Crippen LogP contribution is -2.52. The number of rotatable bonds is 5. The van der Waals surface area contributed by atoms with E-state index in [1.54, 1.807) is 0 Å². The smallest absolute Gasteiger partial charge is 0.417 e. The average molecular weight is 308 g/mol. The fourth-order valence-corrected chi connectivity index (χ4v) is 2.88. The number of aliphatic hydroxyl groups is 1. The van der Waals surface area contributed by atoms with E-state index >= 15 is 0 Å². The Hall–Kier alpha value is -1.04. The van der Waals surface area contributed by atoms with Crippen molar-refractivity contribution in [2.45, 2.75) is 70.3 Å². The molecule has 1 N–H and O–H groups in total. The van der Waals surface area contributed by atoms with E-state index in [0.717, 1.165) is 19.8 Å². The minimum atomic E-state index is -4.78. The van der Waals surface area contributed by atoms with Crippen LogP contribution in [-0.2, 0) is 9.53 Å². The molecule has 0 aromatic rings. The Kier molecular flexibility index (Phi) is 5.13. The molecule has 0 aliphatic heterocycles. The number of ether oxygens (including phenoxy) is 1. The first-order valence-corrected chi connectivity index (χ1v) is 7.07. The van der Waals surface area contributed by atoms with Crippen molar-refractivity contribution in [2.24, 2.45) is 5.92 Å². The molecule has 0 bridgehead atoms. The molecule has 1 saturated carbocycles. The lowest BCUT2D eigenvalue weighted by molar-refractivity contribution is -0.271. The summed E-state index contributed by atoms with van der Waals surface area (Å²) in [4.78, 5) is 11.8. The molecule has 2 atom stereocenters. The minimum absolute atomic E-state index is 0.130. The Morgan fingerprint density at radius 1 is 1.29 bits per heavy atom. The van der Waals surface area contributed by atoms with E-state index in [1.807, 2.05) is 0 Å². The Labute approximate surface area is 123 Å². The number of hydrogen-bond donors (Lipinski definition) is 1. The van der Waals surface area contributed by atoms with Crippen LogP contribution in [0.3, 0.4) is 0 Å². The molecular weight excluding hydrogens is 285 g/mol. The molecule has 2 unspecified atom stereocenters. The van der Waals surface area contributed by atoms with Crippen molar-refractivity contribution in [3.8, 4) is 0 Å². The standard InChI is InChI=1S/C15H23F3O3/c1-10(2)12(19)21-13(3,11-7-5-6-8-11)9-14(4,20)15(16,17)18/h11,20H,1,5-9H2,2-4H3. The third kappa shape index (κ3) is 4.22. The lowest BCUT2D eigenvalue weighted by atomic mass is 9.78. The molecule has 0 amide bonds. The highest BCUT2D eigenvalue weighted by Crippen LogP contribution is 2.45. The molecule has 0 heterocycles. The summed E-state index contributed by atoms with van der Waals surface area (Å²) in [6, 6.07) is 0. The van der Waals surface area contributed by atoms with Crippen molar-refractivity contribution >= 4 is 5.97 Å². The van der Waals surface area contributed by atoms with Crippen molar-refractivity contribution in [1.82, 2.24) is 0 Å².